The van der Waals surface area contributed by atoms with Crippen molar-refractivity contribution in [2.45, 2.75) is 19.5 Å². The third-order valence-electron chi connectivity index (χ3n) is 4.68. The lowest BCUT2D eigenvalue weighted by molar-refractivity contribution is -0.384. The lowest BCUT2D eigenvalue weighted by Gasteiger charge is -2.16. The summed E-state index contributed by atoms with van der Waals surface area (Å²) in [4.78, 5) is 13.2. The average molecular weight is 354 g/mol. The molecule has 0 radical (unpaired) electrons. The highest BCUT2D eigenvalue weighted by Gasteiger charge is 2.19. The highest BCUT2D eigenvalue weighted by molar-refractivity contribution is 7.71. The van der Waals surface area contributed by atoms with Crippen LogP contribution in [0.1, 0.15) is 12.8 Å². The Morgan fingerprint density at radius 1 is 1.04 bits per heavy atom. The summed E-state index contributed by atoms with van der Waals surface area (Å²) < 4.78 is 4.66. The van der Waals surface area contributed by atoms with Crippen LogP contribution in [0.25, 0.3) is 16.7 Å². The first-order valence-electron chi connectivity index (χ1n) is 8.32. The molecule has 2 heterocycles. The van der Waals surface area contributed by atoms with Gasteiger partial charge in [0.25, 0.3) is 5.69 Å². The second kappa shape index (κ2) is 6.42. The molecule has 1 aliphatic heterocycles. The maximum absolute atomic E-state index is 11.2. The number of hydrogen-bond acceptors (Lipinski definition) is 4. The predicted molar refractivity (Wildman–Crippen MR) is 99.6 cm³/mol. The van der Waals surface area contributed by atoms with Gasteiger partial charge >= 0.3 is 0 Å². The van der Waals surface area contributed by atoms with Gasteiger partial charge in [0.15, 0.2) is 4.77 Å². The molecule has 0 bridgehead atoms. The minimum atomic E-state index is -0.359. The summed E-state index contributed by atoms with van der Waals surface area (Å²) >= 11 is 5.75. The molecule has 0 N–H and O–H groups in total. The third kappa shape index (κ3) is 2.85. The highest BCUT2D eigenvalue weighted by Crippen LogP contribution is 2.27. The fraction of sp³-hybridized carbons (Fsp3) is 0.278. The predicted octanol–water partition coefficient (Wildman–Crippen LogP) is 4.12. The minimum Gasteiger partial charge on any atom is -0.302 e. The highest BCUT2D eigenvalue weighted by atomic mass is 32.1. The Kier molecular flexibility index (Phi) is 4.10. The third-order valence-corrected chi connectivity index (χ3v) is 5.08. The van der Waals surface area contributed by atoms with E-state index in [2.05, 4.69) is 4.90 Å². The van der Waals surface area contributed by atoms with Crippen LogP contribution in [0.5, 0.6) is 0 Å². The van der Waals surface area contributed by atoms with E-state index < -0.39 is 0 Å². The Morgan fingerprint density at radius 2 is 1.76 bits per heavy atom. The Morgan fingerprint density at radius 3 is 2.44 bits per heavy atom. The number of aromatic nitrogens is 2. The first-order chi connectivity index (χ1) is 12.1. The number of non-ortho nitro benzene ring substituents is 1. The second-order valence-corrected chi connectivity index (χ2v) is 6.64. The lowest BCUT2D eigenvalue weighted by Crippen LogP contribution is -2.23. The SMILES string of the molecule is O=[N+]([O-])c1ccc2c(c1)n(CN1CCCC1)c(=S)n2-c1ccccc1. The van der Waals surface area contributed by atoms with Crippen molar-refractivity contribution in [2.24, 2.45) is 0 Å². The standard InChI is InChI=1S/C18H18N4O2S/c23-22(24)15-8-9-16-17(12-15)20(13-19-10-4-5-11-19)18(25)21(16)14-6-2-1-3-7-14/h1-3,6-9,12H,4-5,10-11,13H2. The normalized spacial score (nSPS) is 15.0. The van der Waals surface area contributed by atoms with Crippen molar-refractivity contribution in [3.05, 3.63) is 63.4 Å². The van der Waals surface area contributed by atoms with Crippen LogP contribution in [0.3, 0.4) is 0 Å². The number of hydrogen-bond donors (Lipinski definition) is 0. The van der Waals surface area contributed by atoms with E-state index in [-0.39, 0.29) is 10.6 Å². The van der Waals surface area contributed by atoms with E-state index in [1.54, 1.807) is 12.1 Å². The van der Waals surface area contributed by atoms with Crippen LogP contribution in [-0.4, -0.2) is 32.0 Å². The van der Waals surface area contributed by atoms with Crippen LogP contribution in [0.15, 0.2) is 48.5 Å². The minimum absolute atomic E-state index is 0.0860. The fourth-order valence-corrected chi connectivity index (χ4v) is 3.80. The number of para-hydroxylation sites is 1. The molecular weight excluding hydrogens is 336 g/mol. The summed E-state index contributed by atoms with van der Waals surface area (Å²) in [6.07, 6.45) is 2.37. The second-order valence-electron chi connectivity index (χ2n) is 6.28. The summed E-state index contributed by atoms with van der Waals surface area (Å²) in [5.74, 6) is 0. The van der Waals surface area contributed by atoms with Crippen molar-refractivity contribution in [3.8, 4) is 5.69 Å². The molecule has 1 aliphatic rings. The number of imidazole rings is 1. The summed E-state index contributed by atoms with van der Waals surface area (Å²) in [5.41, 5.74) is 2.74. The molecule has 3 aromatic rings. The summed E-state index contributed by atoms with van der Waals surface area (Å²) in [6.45, 7) is 2.74. The van der Waals surface area contributed by atoms with Crippen molar-refractivity contribution >= 4 is 28.9 Å². The van der Waals surface area contributed by atoms with Crippen molar-refractivity contribution in [1.29, 1.82) is 0 Å². The first kappa shape index (κ1) is 16.0. The van der Waals surface area contributed by atoms with Gasteiger partial charge in [-0.05, 0) is 56.3 Å². The molecule has 4 rings (SSSR count). The van der Waals surface area contributed by atoms with Crippen LogP contribution in [-0.2, 0) is 6.67 Å². The Bertz CT molecular complexity index is 987. The van der Waals surface area contributed by atoms with Gasteiger partial charge in [0.05, 0.1) is 22.6 Å². The average Bonchev–Trinajstić information content (AvgIpc) is 3.22. The quantitative estimate of drug-likeness (QED) is 0.402. The molecule has 0 aliphatic carbocycles. The van der Waals surface area contributed by atoms with Crippen molar-refractivity contribution < 1.29 is 4.92 Å². The summed E-state index contributed by atoms with van der Waals surface area (Å²) in [5, 5.41) is 11.2. The molecule has 0 unspecified atom stereocenters. The van der Waals surface area contributed by atoms with E-state index in [1.165, 1.54) is 18.9 Å². The van der Waals surface area contributed by atoms with Crippen LogP contribution >= 0.6 is 12.2 Å². The molecule has 1 fully saturated rings. The van der Waals surface area contributed by atoms with Crippen LogP contribution in [0, 0.1) is 14.9 Å². The summed E-state index contributed by atoms with van der Waals surface area (Å²) in [7, 11) is 0. The molecule has 1 aromatic heterocycles. The number of nitrogens with zero attached hydrogens (tertiary/aromatic N) is 4. The van der Waals surface area contributed by atoms with Gasteiger partial charge in [0.1, 0.15) is 0 Å². The Hall–Kier alpha value is -2.51. The smallest absolute Gasteiger partial charge is 0.271 e. The lowest BCUT2D eigenvalue weighted by atomic mass is 10.2. The summed E-state index contributed by atoms with van der Waals surface area (Å²) in [6, 6.07) is 14.8. The molecule has 0 saturated carbocycles. The van der Waals surface area contributed by atoms with E-state index in [0.29, 0.717) is 11.4 Å². The zero-order chi connectivity index (χ0) is 17.4. The number of rotatable bonds is 4. The van der Waals surface area contributed by atoms with Gasteiger partial charge < -0.3 is 4.57 Å². The van der Waals surface area contributed by atoms with Crippen LogP contribution in [0.2, 0.25) is 0 Å². The largest absolute Gasteiger partial charge is 0.302 e. The van der Waals surface area contributed by atoms with Gasteiger partial charge in [-0.1, -0.05) is 18.2 Å². The van der Waals surface area contributed by atoms with Gasteiger partial charge in [0, 0.05) is 17.8 Å². The van der Waals surface area contributed by atoms with Gasteiger partial charge in [0.2, 0.25) is 0 Å². The molecule has 2 aromatic carbocycles. The monoisotopic (exact) mass is 354 g/mol. The molecule has 128 valence electrons. The Balaban J connectivity index is 1.94. The maximum atomic E-state index is 11.2. The van der Waals surface area contributed by atoms with Gasteiger partial charge in [-0.2, -0.15) is 0 Å². The van der Waals surface area contributed by atoms with E-state index in [4.69, 9.17) is 12.2 Å². The number of nitro benzene ring substituents is 1. The Labute approximate surface area is 150 Å². The number of fused-ring (bicyclic) bond motifs is 1. The van der Waals surface area contributed by atoms with Gasteiger partial charge in [-0.3, -0.25) is 19.6 Å². The molecule has 25 heavy (non-hydrogen) atoms. The zero-order valence-corrected chi connectivity index (χ0v) is 14.5. The van der Waals surface area contributed by atoms with Gasteiger partial charge in [-0.25, -0.2) is 0 Å². The number of likely N-dealkylation sites (tertiary alicyclic amines) is 1. The molecule has 7 heteroatoms. The first-order valence-corrected chi connectivity index (χ1v) is 8.73. The van der Waals surface area contributed by atoms with Crippen molar-refractivity contribution in [1.82, 2.24) is 14.0 Å². The molecular formula is C18H18N4O2S. The van der Waals surface area contributed by atoms with Crippen LogP contribution in [0.4, 0.5) is 5.69 Å². The molecule has 0 atom stereocenters. The number of benzene rings is 2. The van der Waals surface area contributed by atoms with Crippen molar-refractivity contribution in [3.63, 3.8) is 0 Å². The molecule has 1 saturated heterocycles. The molecule has 0 amide bonds. The van der Waals surface area contributed by atoms with Gasteiger partial charge in [-0.15, -0.1) is 0 Å². The van der Waals surface area contributed by atoms with E-state index in [1.807, 2.05) is 39.5 Å². The molecule has 0 spiro atoms. The van der Waals surface area contributed by atoms with E-state index >= 15 is 0 Å². The van der Waals surface area contributed by atoms with Crippen molar-refractivity contribution in [2.75, 3.05) is 13.1 Å². The number of nitro groups is 1. The van der Waals surface area contributed by atoms with E-state index in [9.17, 15) is 10.1 Å². The zero-order valence-electron chi connectivity index (χ0n) is 13.7. The topological polar surface area (TPSA) is 56.2 Å². The molecule has 6 nitrogen and oxygen atoms in total. The fourth-order valence-electron chi connectivity index (χ4n) is 3.44. The maximum Gasteiger partial charge on any atom is 0.271 e. The van der Waals surface area contributed by atoms with Crippen LogP contribution < -0.4 is 0 Å². The van der Waals surface area contributed by atoms with E-state index in [0.717, 1.165) is 29.8 Å².